The van der Waals surface area contributed by atoms with Crippen LogP contribution in [0.5, 0.6) is 5.88 Å². The lowest BCUT2D eigenvalue weighted by Crippen LogP contribution is -2.30. The van der Waals surface area contributed by atoms with E-state index in [2.05, 4.69) is 20.3 Å². The first-order valence-corrected chi connectivity index (χ1v) is 8.48. The highest BCUT2D eigenvalue weighted by atomic mass is 19.2. The van der Waals surface area contributed by atoms with Crippen molar-refractivity contribution in [2.45, 2.75) is 18.9 Å². The maximum Gasteiger partial charge on any atom is 0.275 e. The van der Waals surface area contributed by atoms with Crippen LogP contribution >= 0.6 is 0 Å². The summed E-state index contributed by atoms with van der Waals surface area (Å²) in [4.78, 5) is 24.1. The Morgan fingerprint density at radius 1 is 1.29 bits per heavy atom. The van der Waals surface area contributed by atoms with Gasteiger partial charge in [0.15, 0.2) is 11.6 Å². The third-order valence-electron chi connectivity index (χ3n) is 4.44. The minimum absolute atomic E-state index is 0.0258. The van der Waals surface area contributed by atoms with Gasteiger partial charge in [0.05, 0.1) is 32.2 Å². The molecule has 3 N–H and O–H groups in total. The molecular weight excluding hydrogens is 375 g/mol. The van der Waals surface area contributed by atoms with Crippen molar-refractivity contribution < 1.29 is 22.7 Å². The van der Waals surface area contributed by atoms with E-state index in [1.54, 1.807) is 0 Å². The van der Waals surface area contributed by atoms with Gasteiger partial charge in [-0.2, -0.15) is 0 Å². The molecule has 2 unspecified atom stereocenters. The Balaban J connectivity index is 1.85. The molecular formula is C18H18F3N5O2. The Kier molecular flexibility index (Phi) is 5.76. The van der Waals surface area contributed by atoms with E-state index in [0.29, 0.717) is 12.8 Å². The number of halogens is 3. The second-order valence-corrected chi connectivity index (χ2v) is 6.26. The second kappa shape index (κ2) is 8.24. The maximum atomic E-state index is 14.3. The van der Waals surface area contributed by atoms with Crippen LogP contribution in [0.25, 0.3) is 0 Å². The molecule has 0 spiro atoms. The number of alkyl halides is 1. The summed E-state index contributed by atoms with van der Waals surface area (Å²) >= 11 is 0. The molecule has 1 aliphatic heterocycles. The lowest BCUT2D eigenvalue weighted by Gasteiger charge is -2.25. The first-order valence-electron chi connectivity index (χ1n) is 8.48. The van der Waals surface area contributed by atoms with Crippen molar-refractivity contribution >= 4 is 17.4 Å². The molecule has 2 aromatic rings. The van der Waals surface area contributed by atoms with Gasteiger partial charge in [0.1, 0.15) is 11.5 Å². The fraction of sp³-hybridized carbons (Fsp3) is 0.333. The summed E-state index contributed by atoms with van der Waals surface area (Å²) in [5.74, 6) is -3.10. The highest BCUT2D eigenvalue weighted by Gasteiger charge is 2.27. The van der Waals surface area contributed by atoms with Gasteiger partial charge in [-0.15, -0.1) is 0 Å². The van der Waals surface area contributed by atoms with Gasteiger partial charge in [0.25, 0.3) is 5.91 Å². The zero-order chi connectivity index (χ0) is 20.3. The Bertz CT molecular complexity index is 905. The van der Waals surface area contributed by atoms with Gasteiger partial charge in [-0.1, -0.05) is 0 Å². The number of aliphatic imine (C=N–C) groups is 1. The van der Waals surface area contributed by atoms with Crippen LogP contribution in [0.4, 0.5) is 18.9 Å². The molecule has 1 aromatic heterocycles. The summed E-state index contributed by atoms with van der Waals surface area (Å²) in [7, 11) is 1.41. The van der Waals surface area contributed by atoms with Crippen molar-refractivity contribution in [1.29, 1.82) is 0 Å². The largest absolute Gasteiger partial charge is 0.480 e. The van der Waals surface area contributed by atoms with Gasteiger partial charge in [-0.25, -0.2) is 18.7 Å². The predicted octanol–water partition coefficient (Wildman–Crippen LogP) is 2.79. The van der Waals surface area contributed by atoms with Crippen molar-refractivity contribution in [3.63, 3.8) is 0 Å². The summed E-state index contributed by atoms with van der Waals surface area (Å²) in [5.41, 5.74) is 5.66. The number of nitrogens with two attached hydrogens (primary N) is 1. The molecule has 0 aliphatic carbocycles. The standard InChI is InChI=1S/C18H18F3N5O2/c1-28-15-8-23-14(7-24-15)18(27)25-10-4-11(16(21)12(20)5-10)13-3-2-9(6-19)17(22)26-13/h4-5,7-9,13H,2-3,6H2,1H3,(H2,22,26)(H,25,27). The molecule has 0 fully saturated rings. The van der Waals surface area contributed by atoms with E-state index < -0.39 is 36.2 Å². The SMILES string of the molecule is COc1cnc(C(=O)Nc2cc(F)c(F)c(C3CCC(CF)C(N)=N3)c2)cn1. The van der Waals surface area contributed by atoms with Crippen molar-refractivity contribution in [2.75, 3.05) is 19.1 Å². The predicted molar refractivity (Wildman–Crippen MR) is 96.0 cm³/mol. The van der Waals surface area contributed by atoms with E-state index in [0.717, 1.165) is 6.07 Å². The number of benzene rings is 1. The van der Waals surface area contributed by atoms with Crippen LogP contribution in [0, 0.1) is 17.6 Å². The Morgan fingerprint density at radius 2 is 2.07 bits per heavy atom. The maximum absolute atomic E-state index is 14.3. The average molecular weight is 393 g/mol. The molecule has 0 saturated carbocycles. The molecule has 0 radical (unpaired) electrons. The number of hydrogen-bond acceptors (Lipinski definition) is 6. The third kappa shape index (κ3) is 4.05. The number of aromatic nitrogens is 2. The van der Waals surface area contributed by atoms with Crippen molar-refractivity contribution in [1.82, 2.24) is 9.97 Å². The lowest BCUT2D eigenvalue weighted by atomic mass is 9.92. The summed E-state index contributed by atoms with van der Waals surface area (Å²) in [6, 6.07) is 1.38. The third-order valence-corrected chi connectivity index (χ3v) is 4.44. The molecule has 148 valence electrons. The fourth-order valence-corrected chi connectivity index (χ4v) is 2.90. The number of nitrogens with one attached hydrogen (secondary N) is 1. The van der Waals surface area contributed by atoms with E-state index in [4.69, 9.17) is 10.5 Å². The zero-order valence-electron chi connectivity index (χ0n) is 15.0. The molecule has 7 nitrogen and oxygen atoms in total. The highest BCUT2D eigenvalue weighted by Crippen LogP contribution is 2.34. The highest BCUT2D eigenvalue weighted by molar-refractivity contribution is 6.02. The van der Waals surface area contributed by atoms with Gasteiger partial charge < -0.3 is 15.8 Å². The van der Waals surface area contributed by atoms with Crippen molar-refractivity contribution in [3.05, 3.63) is 47.4 Å². The van der Waals surface area contributed by atoms with Crippen molar-refractivity contribution in [3.8, 4) is 5.88 Å². The number of methoxy groups -OCH3 is 1. The average Bonchev–Trinajstić information content (AvgIpc) is 2.70. The normalized spacial score (nSPS) is 19.1. The number of rotatable bonds is 5. The van der Waals surface area contributed by atoms with E-state index in [1.165, 1.54) is 25.6 Å². The lowest BCUT2D eigenvalue weighted by molar-refractivity contribution is 0.102. The van der Waals surface area contributed by atoms with Crippen LogP contribution in [0.2, 0.25) is 0 Å². The topological polar surface area (TPSA) is 102 Å². The van der Waals surface area contributed by atoms with Crippen LogP contribution < -0.4 is 15.8 Å². The second-order valence-electron chi connectivity index (χ2n) is 6.26. The number of hydrogen-bond donors (Lipinski definition) is 2. The van der Waals surface area contributed by atoms with Gasteiger partial charge in [-0.3, -0.25) is 14.2 Å². The number of nitrogens with zero attached hydrogens (tertiary/aromatic N) is 3. The Morgan fingerprint density at radius 3 is 2.68 bits per heavy atom. The molecule has 1 aromatic carbocycles. The van der Waals surface area contributed by atoms with Gasteiger partial charge in [-0.05, 0) is 18.9 Å². The van der Waals surface area contributed by atoms with Gasteiger partial charge >= 0.3 is 0 Å². The van der Waals surface area contributed by atoms with E-state index in [-0.39, 0.29) is 28.7 Å². The minimum Gasteiger partial charge on any atom is -0.480 e. The molecule has 3 rings (SSSR count). The molecule has 28 heavy (non-hydrogen) atoms. The number of ether oxygens (including phenoxy) is 1. The summed E-state index contributed by atoms with van der Waals surface area (Å²) < 4.78 is 46.1. The Labute approximate surface area is 158 Å². The zero-order valence-corrected chi connectivity index (χ0v) is 15.0. The quantitative estimate of drug-likeness (QED) is 0.813. The number of amides is 1. The fourth-order valence-electron chi connectivity index (χ4n) is 2.90. The first kappa shape index (κ1) is 19.6. The smallest absolute Gasteiger partial charge is 0.275 e. The van der Waals surface area contributed by atoms with E-state index >= 15 is 0 Å². The van der Waals surface area contributed by atoms with E-state index in [9.17, 15) is 18.0 Å². The molecule has 2 heterocycles. The van der Waals surface area contributed by atoms with Crippen LogP contribution in [-0.4, -0.2) is 35.5 Å². The van der Waals surface area contributed by atoms with Crippen molar-refractivity contribution in [2.24, 2.45) is 16.6 Å². The van der Waals surface area contributed by atoms with Gasteiger partial charge in [0, 0.05) is 23.2 Å². The molecule has 0 saturated heterocycles. The van der Waals surface area contributed by atoms with Gasteiger partial charge in [0.2, 0.25) is 5.88 Å². The number of amidine groups is 1. The summed E-state index contributed by atoms with van der Waals surface area (Å²) in [6.07, 6.45) is 3.13. The number of anilines is 1. The van der Waals surface area contributed by atoms with E-state index in [1.807, 2.05) is 0 Å². The summed E-state index contributed by atoms with van der Waals surface area (Å²) in [6.45, 7) is -0.655. The minimum atomic E-state index is -1.14. The number of carbonyl (C=O) groups excluding carboxylic acids is 1. The monoisotopic (exact) mass is 393 g/mol. The molecule has 1 amide bonds. The molecule has 2 atom stereocenters. The van der Waals surface area contributed by atoms with Crippen LogP contribution in [-0.2, 0) is 0 Å². The molecule has 1 aliphatic rings. The molecule has 10 heteroatoms. The first-order chi connectivity index (χ1) is 13.4. The number of carbonyl (C=O) groups is 1. The Hall–Kier alpha value is -3.17. The van der Waals surface area contributed by atoms with Crippen LogP contribution in [0.1, 0.15) is 34.9 Å². The molecule has 0 bridgehead atoms. The van der Waals surface area contributed by atoms with Crippen LogP contribution in [0.3, 0.4) is 0 Å². The van der Waals surface area contributed by atoms with Crippen LogP contribution in [0.15, 0.2) is 29.5 Å². The summed E-state index contributed by atoms with van der Waals surface area (Å²) in [5, 5.41) is 2.45.